The van der Waals surface area contributed by atoms with E-state index in [1.807, 2.05) is 24.3 Å². The van der Waals surface area contributed by atoms with E-state index < -0.39 is 12.0 Å². The van der Waals surface area contributed by atoms with Crippen LogP contribution in [0.2, 0.25) is 0 Å². The van der Waals surface area contributed by atoms with Crippen LogP contribution < -0.4 is 15.8 Å². The summed E-state index contributed by atoms with van der Waals surface area (Å²) in [6, 6.07) is 10.3. The molecule has 0 spiro atoms. The van der Waals surface area contributed by atoms with Crippen molar-refractivity contribution in [1.82, 2.24) is 10.3 Å². The summed E-state index contributed by atoms with van der Waals surface area (Å²) in [6.07, 6.45) is 5.05. The van der Waals surface area contributed by atoms with Crippen molar-refractivity contribution < 1.29 is 24.2 Å². The number of ether oxygens (including phenoxy) is 1. The van der Waals surface area contributed by atoms with Gasteiger partial charge in [0.15, 0.2) is 0 Å². The number of aromatic hydroxyl groups is 1. The third kappa shape index (κ3) is 3.53. The molecule has 0 amide bonds. The number of furan rings is 1. The number of benzene rings is 2. The van der Waals surface area contributed by atoms with E-state index in [-0.39, 0.29) is 17.4 Å². The number of pyridine rings is 1. The van der Waals surface area contributed by atoms with Gasteiger partial charge in [-0.15, -0.1) is 0 Å². The fourth-order valence-corrected chi connectivity index (χ4v) is 4.05. The summed E-state index contributed by atoms with van der Waals surface area (Å²) in [5.74, 6) is -0.649. The van der Waals surface area contributed by atoms with Crippen LogP contribution in [0.4, 0.5) is 0 Å². The standard InChI is InChI=1S/C24H23N3O5/c25-8-10-27-21(13-7-9-26-18(11-13)32-14-5-6-14)20-19-17(24(29)30)12-31-23(19)16-4-2-1-3-15(16)22(20)28/h1-4,7,9,11-12,14,21,27-28H,5-6,8,10,25H2,(H,29,30). The SMILES string of the molecule is NCCNC(c1ccnc(OC2CC2)c1)c1c(O)c2ccccc2c2occ(C(=O)O)c12. The van der Waals surface area contributed by atoms with Gasteiger partial charge in [-0.2, -0.15) is 0 Å². The molecule has 1 saturated carbocycles. The fraction of sp³-hybridized carbons (Fsp3) is 0.250. The van der Waals surface area contributed by atoms with Crippen molar-refractivity contribution in [2.24, 2.45) is 5.73 Å². The molecular formula is C24H23N3O5. The Bertz CT molecular complexity index is 1310. The maximum Gasteiger partial charge on any atom is 0.339 e. The molecule has 32 heavy (non-hydrogen) atoms. The molecule has 1 aliphatic carbocycles. The molecule has 1 aliphatic rings. The highest BCUT2D eigenvalue weighted by Crippen LogP contribution is 2.44. The summed E-state index contributed by atoms with van der Waals surface area (Å²) in [7, 11) is 0. The van der Waals surface area contributed by atoms with Crippen LogP contribution in [0.3, 0.4) is 0 Å². The van der Waals surface area contributed by atoms with Crippen molar-refractivity contribution in [3.8, 4) is 11.6 Å². The van der Waals surface area contributed by atoms with Gasteiger partial charge >= 0.3 is 5.97 Å². The maximum atomic E-state index is 12.0. The van der Waals surface area contributed by atoms with Crippen LogP contribution in [-0.2, 0) is 0 Å². The molecule has 8 nitrogen and oxygen atoms in total. The maximum absolute atomic E-state index is 12.0. The van der Waals surface area contributed by atoms with Crippen LogP contribution in [0.1, 0.15) is 40.4 Å². The quantitative estimate of drug-likeness (QED) is 0.332. The molecule has 0 radical (unpaired) electrons. The summed E-state index contributed by atoms with van der Waals surface area (Å²) in [4.78, 5) is 16.3. The molecule has 2 aromatic heterocycles. The van der Waals surface area contributed by atoms with Gasteiger partial charge in [0, 0.05) is 47.1 Å². The minimum atomic E-state index is -1.13. The van der Waals surface area contributed by atoms with Gasteiger partial charge in [0.05, 0.1) is 6.04 Å². The molecule has 5 N–H and O–H groups in total. The van der Waals surface area contributed by atoms with E-state index in [2.05, 4.69) is 10.3 Å². The first-order valence-electron chi connectivity index (χ1n) is 10.5. The molecule has 1 fully saturated rings. The number of rotatable bonds is 8. The summed E-state index contributed by atoms with van der Waals surface area (Å²) < 4.78 is 11.6. The van der Waals surface area contributed by atoms with Gasteiger partial charge in [-0.05, 0) is 24.5 Å². The number of nitrogens with two attached hydrogens (primary N) is 1. The number of phenolic OH excluding ortho intramolecular Hbond substituents is 1. The topological polar surface area (TPSA) is 131 Å². The van der Waals surface area contributed by atoms with Crippen molar-refractivity contribution in [2.75, 3.05) is 13.1 Å². The first kappa shape index (κ1) is 20.3. The molecule has 164 valence electrons. The number of carboxylic acids is 1. The first-order chi connectivity index (χ1) is 15.6. The van der Waals surface area contributed by atoms with Gasteiger partial charge in [-0.1, -0.05) is 24.3 Å². The highest BCUT2D eigenvalue weighted by molar-refractivity contribution is 6.15. The van der Waals surface area contributed by atoms with E-state index in [0.29, 0.717) is 46.3 Å². The monoisotopic (exact) mass is 433 g/mol. The van der Waals surface area contributed by atoms with Gasteiger partial charge in [0.1, 0.15) is 29.3 Å². The average Bonchev–Trinajstić information content (AvgIpc) is 3.50. The Hall–Kier alpha value is -3.62. The van der Waals surface area contributed by atoms with Crippen molar-refractivity contribution in [2.45, 2.75) is 25.0 Å². The molecule has 8 heteroatoms. The normalized spacial score (nSPS) is 14.7. The number of nitrogens with one attached hydrogen (secondary N) is 1. The second kappa shape index (κ2) is 8.14. The largest absolute Gasteiger partial charge is 0.507 e. The van der Waals surface area contributed by atoms with Crippen molar-refractivity contribution in [3.05, 3.63) is 65.5 Å². The molecule has 1 unspecified atom stereocenters. The Kier molecular flexibility index (Phi) is 5.16. The van der Waals surface area contributed by atoms with E-state index in [1.165, 1.54) is 6.26 Å². The molecule has 0 aliphatic heterocycles. The summed E-state index contributed by atoms with van der Waals surface area (Å²) in [6.45, 7) is 0.807. The zero-order valence-corrected chi connectivity index (χ0v) is 17.2. The molecule has 2 aromatic carbocycles. The van der Waals surface area contributed by atoms with E-state index in [1.54, 1.807) is 18.3 Å². The van der Waals surface area contributed by atoms with Crippen LogP contribution in [-0.4, -0.2) is 40.4 Å². The van der Waals surface area contributed by atoms with Crippen LogP contribution in [0.25, 0.3) is 21.7 Å². The van der Waals surface area contributed by atoms with Crippen LogP contribution in [0.5, 0.6) is 11.6 Å². The number of carbonyl (C=O) groups is 1. The van der Waals surface area contributed by atoms with Crippen molar-refractivity contribution in [1.29, 1.82) is 0 Å². The molecule has 0 bridgehead atoms. The predicted molar refractivity (Wildman–Crippen MR) is 119 cm³/mol. The number of aromatic carboxylic acids is 1. The Morgan fingerprint density at radius 1 is 1.28 bits per heavy atom. The van der Waals surface area contributed by atoms with E-state index in [4.69, 9.17) is 14.9 Å². The smallest absolute Gasteiger partial charge is 0.339 e. The highest BCUT2D eigenvalue weighted by atomic mass is 16.5. The Morgan fingerprint density at radius 3 is 2.78 bits per heavy atom. The number of fused-ring (bicyclic) bond motifs is 3. The van der Waals surface area contributed by atoms with Crippen LogP contribution in [0, 0.1) is 0 Å². The minimum absolute atomic E-state index is 0.00649. The van der Waals surface area contributed by atoms with Gasteiger partial charge < -0.3 is 30.4 Å². The molecule has 2 heterocycles. The molecule has 5 rings (SSSR count). The second-order valence-corrected chi connectivity index (χ2v) is 7.89. The van der Waals surface area contributed by atoms with E-state index >= 15 is 0 Å². The number of hydrogen-bond donors (Lipinski definition) is 4. The van der Waals surface area contributed by atoms with E-state index in [0.717, 1.165) is 18.4 Å². The van der Waals surface area contributed by atoms with Gasteiger partial charge in [-0.3, -0.25) is 0 Å². The fourth-order valence-electron chi connectivity index (χ4n) is 4.05. The zero-order chi connectivity index (χ0) is 22.2. The molecule has 1 atom stereocenters. The molecular weight excluding hydrogens is 410 g/mol. The summed E-state index contributed by atoms with van der Waals surface area (Å²) in [5.41, 5.74) is 7.35. The molecule has 0 saturated heterocycles. The Balaban J connectivity index is 1.77. The summed E-state index contributed by atoms with van der Waals surface area (Å²) >= 11 is 0. The van der Waals surface area contributed by atoms with Gasteiger partial charge in [0.25, 0.3) is 0 Å². The Morgan fingerprint density at radius 2 is 2.06 bits per heavy atom. The zero-order valence-electron chi connectivity index (χ0n) is 17.2. The third-order valence-corrected chi connectivity index (χ3v) is 5.66. The number of aromatic nitrogens is 1. The number of nitrogens with zero attached hydrogens (tertiary/aromatic N) is 1. The average molecular weight is 433 g/mol. The van der Waals surface area contributed by atoms with Crippen molar-refractivity contribution in [3.63, 3.8) is 0 Å². The van der Waals surface area contributed by atoms with Gasteiger partial charge in [-0.25, -0.2) is 9.78 Å². The lowest BCUT2D eigenvalue weighted by Crippen LogP contribution is -2.28. The predicted octanol–water partition coefficient (Wildman–Crippen LogP) is 3.56. The third-order valence-electron chi connectivity index (χ3n) is 5.66. The highest BCUT2D eigenvalue weighted by Gasteiger charge is 2.29. The van der Waals surface area contributed by atoms with Crippen LogP contribution >= 0.6 is 0 Å². The second-order valence-electron chi connectivity index (χ2n) is 7.89. The lowest BCUT2D eigenvalue weighted by atomic mass is 9.90. The van der Waals surface area contributed by atoms with Crippen LogP contribution in [0.15, 0.2) is 53.3 Å². The Labute approximate surface area is 183 Å². The first-order valence-corrected chi connectivity index (χ1v) is 10.5. The lowest BCUT2D eigenvalue weighted by Gasteiger charge is -2.23. The number of hydrogen-bond acceptors (Lipinski definition) is 7. The van der Waals surface area contributed by atoms with E-state index in [9.17, 15) is 15.0 Å². The number of carboxylic acid groups (broad SMARTS) is 1. The minimum Gasteiger partial charge on any atom is -0.507 e. The lowest BCUT2D eigenvalue weighted by molar-refractivity contribution is 0.0698. The van der Waals surface area contributed by atoms with Gasteiger partial charge in [0.2, 0.25) is 5.88 Å². The number of phenols is 1. The summed E-state index contributed by atoms with van der Waals surface area (Å²) in [5, 5.41) is 26.1. The molecule has 4 aromatic rings. The van der Waals surface area contributed by atoms with Crippen molar-refractivity contribution >= 4 is 27.7 Å².